The zero-order valence-corrected chi connectivity index (χ0v) is 21.2. The van der Waals surface area contributed by atoms with Gasteiger partial charge in [0.05, 0.1) is 28.3 Å². The minimum absolute atomic E-state index is 0.0210. The topological polar surface area (TPSA) is 86.9 Å². The van der Waals surface area contributed by atoms with Crippen LogP contribution in [0.4, 0.5) is 19.0 Å². The zero-order chi connectivity index (χ0) is 27.0. The summed E-state index contributed by atoms with van der Waals surface area (Å²) in [6.45, 7) is 8.29. The number of imidazole rings is 1. The van der Waals surface area contributed by atoms with Gasteiger partial charge in [0.2, 0.25) is 5.78 Å². The number of pyridine rings is 2. The molecular formula is C28H24F3N7. The maximum atomic E-state index is 13.9. The van der Waals surface area contributed by atoms with E-state index in [2.05, 4.69) is 53.1 Å². The van der Waals surface area contributed by atoms with Crippen LogP contribution < -0.4 is 5.73 Å². The monoisotopic (exact) mass is 515 g/mol. The van der Waals surface area contributed by atoms with E-state index in [1.165, 1.54) is 5.56 Å². The van der Waals surface area contributed by atoms with E-state index >= 15 is 0 Å². The molecule has 0 amide bonds. The van der Waals surface area contributed by atoms with Crippen LogP contribution >= 0.6 is 0 Å². The predicted octanol–water partition coefficient (Wildman–Crippen LogP) is 6.49. The number of nitrogen functional groups attached to an aromatic ring is 1. The highest BCUT2D eigenvalue weighted by molar-refractivity contribution is 6.06. The molecule has 0 spiro atoms. The fraction of sp³-hybridized carbons (Fsp3) is 0.214. The molecule has 7 nitrogen and oxygen atoms in total. The summed E-state index contributed by atoms with van der Waals surface area (Å²) in [4.78, 5) is 8.54. The van der Waals surface area contributed by atoms with E-state index in [1.807, 2.05) is 28.0 Å². The number of nitrogens with zero attached hydrogens (tertiary/aromatic N) is 6. The van der Waals surface area contributed by atoms with Gasteiger partial charge >= 0.3 is 6.18 Å². The molecule has 0 bridgehead atoms. The summed E-state index contributed by atoms with van der Waals surface area (Å²) in [5, 5.41) is 9.36. The minimum Gasteiger partial charge on any atom is -0.384 e. The molecule has 0 aliphatic heterocycles. The number of hydrogen-bond donors (Lipinski definition) is 1. The number of aryl methyl sites for hydroxylation is 1. The molecule has 2 aromatic carbocycles. The van der Waals surface area contributed by atoms with Gasteiger partial charge in [-0.15, -0.1) is 10.2 Å². The molecule has 0 fully saturated rings. The van der Waals surface area contributed by atoms with Crippen LogP contribution in [0.5, 0.6) is 0 Å². The van der Waals surface area contributed by atoms with Crippen LogP contribution in [0.1, 0.15) is 37.7 Å². The fourth-order valence-corrected chi connectivity index (χ4v) is 4.90. The van der Waals surface area contributed by atoms with Crippen molar-refractivity contribution in [3.63, 3.8) is 0 Å². The van der Waals surface area contributed by atoms with E-state index in [1.54, 1.807) is 24.4 Å². The molecule has 0 unspecified atom stereocenters. The van der Waals surface area contributed by atoms with Crippen molar-refractivity contribution in [3.8, 4) is 16.8 Å². The fourth-order valence-electron chi connectivity index (χ4n) is 4.90. The maximum Gasteiger partial charge on any atom is 0.417 e. The summed E-state index contributed by atoms with van der Waals surface area (Å²) in [7, 11) is 0. The lowest BCUT2D eigenvalue weighted by Gasteiger charge is -2.19. The molecule has 10 heteroatoms. The van der Waals surface area contributed by atoms with E-state index in [9.17, 15) is 13.2 Å². The van der Waals surface area contributed by atoms with Crippen molar-refractivity contribution in [2.45, 2.75) is 39.3 Å². The zero-order valence-electron chi connectivity index (χ0n) is 21.2. The molecule has 0 aliphatic rings. The number of anilines is 1. The van der Waals surface area contributed by atoms with Crippen molar-refractivity contribution in [2.75, 3.05) is 5.73 Å². The second kappa shape index (κ2) is 8.01. The Bertz CT molecular complexity index is 1860. The molecule has 0 atom stereocenters. The summed E-state index contributed by atoms with van der Waals surface area (Å²) in [5.41, 5.74) is 9.22. The molecule has 6 rings (SSSR count). The first-order valence-corrected chi connectivity index (χ1v) is 12.0. The Labute approximate surface area is 215 Å². The van der Waals surface area contributed by atoms with Crippen LogP contribution in [0.2, 0.25) is 0 Å². The lowest BCUT2D eigenvalue weighted by Crippen LogP contribution is -2.10. The van der Waals surface area contributed by atoms with Crippen molar-refractivity contribution in [1.29, 1.82) is 0 Å². The Hall–Kier alpha value is -4.47. The number of aromatic nitrogens is 6. The molecule has 38 heavy (non-hydrogen) atoms. The van der Waals surface area contributed by atoms with E-state index in [-0.39, 0.29) is 16.8 Å². The molecule has 0 radical (unpaired) electrons. The summed E-state index contributed by atoms with van der Waals surface area (Å²) >= 11 is 0. The summed E-state index contributed by atoms with van der Waals surface area (Å²) in [6.07, 6.45) is -1.69. The first kappa shape index (κ1) is 23.9. The average molecular weight is 516 g/mol. The first-order chi connectivity index (χ1) is 17.9. The van der Waals surface area contributed by atoms with Gasteiger partial charge in [0.1, 0.15) is 11.6 Å². The third-order valence-electron chi connectivity index (χ3n) is 6.83. The summed E-state index contributed by atoms with van der Waals surface area (Å²) < 4.78 is 45.6. The normalized spacial score (nSPS) is 12.7. The Kier molecular flexibility index (Phi) is 5.04. The van der Waals surface area contributed by atoms with E-state index in [0.29, 0.717) is 28.1 Å². The van der Waals surface area contributed by atoms with Gasteiger partial charge in [-0.3, -0.25) is 14.0 Å². The third-order valence-corrected chi connectivity index (χ3v) is 6.83. The van der Waals surface area contributed by atoms with E-state index < -0.39 is 11.7 Å². The molecule has 4 heterocycles. The predicted molar refractivity (Wildman–Crippen MR) is 141 cm³/mol. The van der Waals surface area contributed by atoms with Gasteiger partial charge in [-0.25, -0.2) is 4.98 Å². The molecule has 0 aliphatic carbocycles. The molecule has 4 aromatic heterocycles. The van der Waals surface area contributed by atoms with Gasteiger partial charge in [0.15, 0.2) is 0 Å². The highest BCUT2D eigenvalue weighted by Crippen LogP contribution is 2.39. The largest absolute Gasteiger partial charge is 0.417 e. The van der Waals surface area contributed by atoms with Crippen LogP contribution in [-0.4, -0.2) is 29.1 Å². The number of hydrogen-bond acceptors (Lipinski definition) is 5. The van der Waals surface area contributed by atoms with Crippen LogP contribution in [-0.2, 0) is 11.6 Å². The average Bonchev–Trinajstić information content (AvgIpc) is 3.40. The van der Waals surface area contributed by atoms with Crippen molar-refractivity contribution in [1.82, 2.24) is 29.1 Å². The maximum absolute atomic E-state index is 13.9. The standard InChI is InChI=1S/C28H24F3N7/c1-15-35-36-26-37(15)23-14-33-22-10-5-16(20-13-34-24(32)12-21(20)28(29,30)31)11-19(22)25(23)38(26)18-8-6-17(7-9-18)27(2,3)4/h5-14H,1-4H3,(H2,32,34). The number of halogens is 3. The van der Waals surface area contributed by atoms with Gasteiger partial charge in [-0.1, -0.05) is 39.0 Å². The SMILES string of the molecule is Cc1nnc2n(-c3ccc(C(C)(C)C)cc3)c3c4cc(-c5cnc(N)cc5C(F)(F)F)ccc4ncc3n12. The molecule has 0 saturated heterocycles. The molecule has 2 N–H and O–H groups in total. The smallest absolute Gasteiger partial charge is 0.384 e. The van der Waals surface area contributed by atoms with Crippen LogP contribution in [0.3, 0.4) is 0 Å². The first-order valence-electron chi connectivity index (χ1n) is 12.0. The highest BCUT2D eigenvalue weighted by atomic mass is 19.4. The Morgan fingerprint density at radius 1 is 0.868 bits per heavy atom. The van der Waals surface area contributed by atoms with Crippen molar-refractivity contribution in [3.05, 3.63) is 77.9 Å². The molecule has 192 valence electrons. The number of nitrogens with two attached hydrogens (primary N) is 1. The number of rotatable bonds is 2. The molecule has 6 aromatic rings. The molecule has 0 saturated carbocycles. The molecular weight excluding hydrogens is 491 g/mol. The summed E-state index contributed by atoms with van der Waals surface area (Å²) in [6, 6.07) is 14.1. The number of benzene rings is 2. The van der Waals surface area contributed by atoms with Crippen molar-refractivity contribution >= 4 is 33.5 Å². The van der Waals surface area contributed by atoms with Crippen molar-refractivity contribution in [2.24, 2.45) is 0 Å². The Morgan fingerprint density at radius 2 is 1.61 bits per heavy atom. The van der Waals surface area contributed by atoms with Crippen molar-refractivity contribution < 1.29 is 13.2 Å². The van der Waals surface area contributed by atoms with Gasteiger partial charge in [0.25, 0.3) is 0 Å². The van der Waals surface area contributed by atoms with E-state index in [4.69, 9.17) is 5.73 Å². The van der Waals surface area contributed by atoms with Crippen LogP contribution in [0.15, 0.2) is 60.9 Å². The lowest BCUT2D eigenvalue weighted by atomic mass is 9.87. The highest BCUT2D eigenvalue weighted by Gasteiger charge is 2.34. The van der Waals surface area contributed by atoms with Gasteiger partial charge in [-0.05, 0) is 53.8 Å². The van der Waals surface area contributed by atoms with Crippen LogP contribution in [0, 0.1) is 6.92 Å². The number of alkyl halides is 3. The van der Waals surface area contributed by atoms with Gasteiger partial charge in [0, 0.05) is 22.8 Å². The van der Waals surface area contributed by atoms with Gasteiger partial charge in [-0.2, -0.15) is 13.2 Å². The second-order valence-corrected chi connectivity index (χ2v) is 10.4. The van der Waals surface area contributed by atoms with Gasteiger partial charge < -0.3 is 5.73 Å². The minimum atomic E-state index is -4.59. The quantitative estimate of drug-likeness (QED) is 0.285. The Morgan fingerprint density at radius 3 is 2.29 bits per heavy atom. The van der Waals surface area contributed by atoms with Crippen LogP contribution in [0.25, 0.3) is 44.5 Å². The summed E-state index contributed by atoms with van der Waals surface area (Å²) in [5.74, 6) is 1.07. The lowest BCUT2D eigenvalue weighted by molar-refractivity contribution is -0.137. The van der Waals surface area contributed by atoms with E-state index in [0.717, 1.165) is 29.0 Å². The second-order valence-electron chi connectivity index (χ2n) is 10.4. The third kappa shape index (κ3) is 3.67. The Balaban J connectivity index is 1.68. The number of fused-ring (bicyclic) bond motifs is 5.